The summed E-state index contributed by atoms with van der Waals surface area (Å²) in [7, 11) is 0. The fraction of sp³-hybridized carbons (Fsp3) is 0.500. The lowest BCUT2D eigenvalue weighted by Gasteiger charge is -2.38. The first-order valence-electron chi connectivity index (χ1n) is 7.44. The second-order valence-electron chi connectivity index (χ2n) is 5.87. The summed E-state index contributed by atoms with van der Waals surface area (Å²) in [5.41, 5.74) is 2.61. The van der Waals surface area contributed by atoms with Crippen molar-refractivity contribution in [3.05, 3.63) is 35.8 Å². The minimum absolute atomic E-state index is 0.487. The van der Waals surface area contributed by atoms with Gasteiger partial charge in [-0.25, -0.2) is 4.98 Å². The molecule has 5 nitrogen and oxygen atoms in total. The molecular weight excluding hydrogens is 262 g/mol. The van der Waals surface area contributed by atoms with E-state index in [-0.39, 0.29) is 0 Å². The van der Waals surface area contributed by atoms with E-state index in [4.69, 9.17) is 0 Å². The molecule has 110 valence electrons. The van der Waals surface area contributed by atoms with Crippen LogP contribution in [0.25, 0.3) is 5.65 Å². The van der Waals surface area contributed by atoms with Crippen LogP contribution in [0.2, 0.25) is 0 Å². The zero-order chi connectivity index (χ0) is 14.9. The van der Waals surface area contributed by atoms with Gasteiger partial charge in [0.1, 0.15) is 11.2 Å². The van der Waals surface area contributed by atoms with Crippen molar-refractivity contribution in [2.75, 3.05) is 26.2 Å². The molecule has 1 aliphatic rings. The standard InChI is InChI=1S/C16H21N5/c1-13-14(21-8-4-3-5-15(21)19-13)11-16(2,12-17)20-9-6-18-7-10-20/h3-5,8,18H,6-7,9-11H2,1-2H3. The first-order valence-corrected chi connectivity index (χ1v) is 7.44. The zero-order valence-electron chi connectivity index (χ0n) is 12.6. The van der Waals surface area contributed by atoms with E-state index in [1.165, 1.54) is 0 Å². The number of rotatable bonds is 3. The molecule has 0 spiro atoms. The number of fused-ring (bicyclic) bond motifs is 1. The summed E-state index contributed by atoms with van der Waals surface area (Å²) in [5.74, 6) is 0. The highest BCUT2D eigenvalue weighted by Gasteiger charge is 2.34. The number of imidazole rings is 1. The van der Waals surface area contributed by atoms with Gasteiger partial charge >= 0.3 is 0 Å². The van der Waals surface area contributed by atoms with Crippen LogP contribution in [-0.4, -0.2) is 46.0 Å². The summed E-state index contributed by atoms with van der Waals surface area (Å²) in [6.07, 6.45) is 2.72. The Hall–Kier alpha value is -1.90. The highest BCUT2D eigenvalue weighted by atomic mass is 15.2. The van der Waals surface area contributed by atoms with Crippen molar-refractivity contribution < 1.29 is 0 Å². The maximum Gasteiger partial charge on any atom is 0.137 e. The van der Waals surface area contributed by atoms with E-state index in [0.717, 1.165) is 43.2 Å². The molecule has 3 heterocycles. The second kappa shape index (κ2) is 5.47. The van der Waals surface area contributed by atoms with Crippen LogP contribution >= 0.6 is 0 Å². The Morgan fingerprint density at radius 3 is 2.86 bits per heavy atom. The van der Waals surface area contributed by atoms with Gasteiger partial charge in [0.15, 0.2) is 0 Å². The number of nitrogens with one attached hydrogen (secondary N) is 1. The minimum atomic E-state index is -0.487. The molecule has 0 aromatic carbocycles. The molecule has 1 fully saturated rings. The van der Waals surface area contributed by atoms with Crippen molar-refractivity contribution in [1.29, 1.82) is 5.26 Å². The summed E-state index contributed by atoms with van der Waals surface area (Å²) in [6.45, 7) is 7.80. The van der Waals surface area contributed by atoms with Crippen LogP contribution in [-0.2, 0) is 6.42 Å². The van der Waals surface area contributed by atoms with E-state index >= 15 is 0 Å². The molecule has 0 saturated carbocycles. The lowest BCUT2D eigenvalue weighted by molar-refractivity contribution is 0.131. The van der Waals surface area contributed by atoms with Crippen LogP contribution in [0.4, 0.5) is 0 Å². The Labute approximate surface area is 125 Å². The van der Waals surface area contributed by atoms with E-state index in [1.807, 2.05) is 38.2 Å². The third-order valence-corrected chi connectivity index (χ3v) is 4.40. The molecule has 0 amide bonds. The number of aromatic nitrogens is 2. The van der Waals surface area contributed by atoms with Crippen molar-refractivity contribution in [2.24, 2.45) is 0 Å². The van der Waals surface area contributed by atoms with E-state index in [0.29, 0.717) is 6.42 Å². The number of hydrogen-bond acceptors (Lipinski definition) is 4. The Bertz CT molecular complexity index is 678. The summed E-state index contributed by atoms with van der Waals surface area (Å²) in [4.78, 5) is 6.88. The molecule has 1 saturated heterocycles. The van der Waals surface area contributed by atoms with Gasteiger partial charge in [0.2, 0.25) is 0 Å². The van der Waals surface area contributed by atoms with Crippen molar-refractivity contribution in [1.82, 2.24) is 19.6 Å². The molecule has 2 aromatic heterocycles. The Kier molecular flexibility index (Phi) is 3.66. The van der Waals surface area contributed by atoms with Crippen molar-refractivity contribution in [3.63, 3.8) is 0 Å². The predicted molar refractivity (Wildman–Crippen MR) is 82.1 cm³/mol. The van der Waals surface area contributed by atoms with E-state index in [2.05, 4.69) is 25.7 Å². The Morgan fingerprint density at radius 2 is 2.14 bits per heavy atom. The van der Waals surface area contributed by atoms with Crippen molar-refractivity contribution in [3.8, 4) is 6.07 Å². The highest BCUT2D eigenvalue weighted by Crippen LogP contribution is 2.23. The Balaban J connectivity index is 1.95. The fourth-order valence-corrected chi connectivity index (χ4v) is 3.08. The van der Waals surface area contributed by atoms with Gasteiger partial charge in [-0.1, -0.05) is 6.07 Å². The van der Waals surface area contributed by atoms with Gasteiger partial charge in [0, 0.05) is 44.5 Å². The largest absolute Gasteiger partial charge is 0.314 e. The molecular formula is C16H21N5. The number of piperazine rings is 1. The summed E-state index contributed by atoms with van der Waals surface area (Å²) in [6, 6.07) is 8.54. The topological polar surface area (TPSA) is 56.4 Å². The van der Waals surface area contributed by atoms with E-state index in [1.54, 1.807) is 0 Å². The quantitative estimate of drug-likeness (QED) is 0.924. The number of pyridine rings is 1. The minimum Gasteiger partial charge on any atom is -0.314 e. The van der Waals surface area contributed by atoms with Crippen LogP contribution in [0.3, 0.4) is 0 Å². The fourth-order valence-electron chi connectivity index (χ4n) is 3.08. The third-order valence-electron chi connectivity index (χ3n) is 4.40. The zero-order valence-corrected chi connectivity index (χ0v) is 12.6. The summed E-state index contributed by atoms with van der Waals surface area (Å²) in [5, 5.41) is 13.1. The van der Waals surface area contributed by atoms with Gasteiger partial charge < -0.3 is 9.72 Å². The molecule has 1 unspecified atom stereocenters. The van der Waals surface area contributed by atoms with Crippen molar-refractivity contribution in [2.45, 2.75) is 25.8 Å². The lowest BCUT2D eigenvalue weighted by Crippen LogP contribution is -2.55. The molecule has 3 rings (SSSR count). The van der Waals surface area contributed by atoms with Gasteiger partial charge in [0.05, 0.1) is 11.8 Å². The van der Waals surface area contributed by atoms with Gasteiger partial charge in [-0.05, 0) is 26.0 Å². The maximum atomic E-state index is 9.76. The highest BCUT2D eigenvalue weighted by molar-refractivity contribution is 5.43. The molecule has 1 atom stereocenters. The van der Waals surface area contributed by atoms with Gasteiger partial charge in [0.25, 0.3) is 0 Å². The number of nitrogens with zero attached hydrogens (tertiary/aromatic N) is 4. The summed E-state index contributed by atoms with van der Waals surface area (Å²) >= 11 is 0. The molecule has 2 aromatic rings. The monoisotopic (exact) mass is 283 g/mol. The van der Waals surface area contributed by atoms with E-state index in [9.17, 15) is 5.26 Å². The molecule has 0 radical (unpaired) electrons. The molecule has 1 aliphatic heterocycles. The van der Waals surface area contributed by atoms with Gasteiger partial charge in [-0.15, -0.1) is 0 Å². The van der Waals surface area contributed by atoms with Crippen LogP contribution in [0, 0.1) is 18.3 Å². The van der Waals surface area contributed by atoms with Gasteiger partial charge in [-0.2, -0.15) is 5.26 Å². The lowest BCUT2D eigenvalue weighted by atomic mass is 9.93. The van der Waals surface area contributed by atoms with E-state index < -0.39 is 5.54 Å². The average Bonchev–Trinajstić information content (AvgIpc) is 2.84. The molecule has 21 heavy (non-hydrogen) atoms. The molecule has 1 N–H and O–H groups in total. The molecule has 0 bridgehead atoms. The van der Waals surface area contributed by atoms with Crippen molar-refractivity contribution >= 4 is 5.65 Å². The smallest absolute Gasteiger partial charge is 0.137 e. The maximum absolute atomic E-state index is 9.76. The molecule has 0 aliphatic carbocycles. The number of nitriles is 1. The average molecular weight is 283 g/mol. The number of hydrogen-bond donors (Lipinski definition) is 1. The van der Waals surface area contributed by atoms with Gasteiger partial charge in [-0.3, -0.25) is 4.90 Å². The second-order valence-corrected chi connectivity index (χ2v) is 5.87. The van der Waals surface area contributed by atoms with Crippen LogP contribution in [0.1, 0.15) is 18.3 Å². The third kappa shape index (κ3) is 2.53. The Morgan fingerprint density at radius 1 is 1.38 bits per heavy atom. The number of aryl methyl sites for hydroxylation is 1. The summed E-state index contributed by atoms with van der Waals surface area (Å²) < 4.78 is 2.10. The van der Waals surface area contributed by atoms with Crippen LogP contribution in [0.15, 0.2) is 24.4 Å². The first kappa shape index (κ1) is 14.1. The SMILES string of the molecule is Cc1nc2ccccn2c1CC(C)(C#N)N1CCNCC1. The van der Waals surface area contributed by atoms with Crippen LogP contribution < -0.4 is 5.32 Å². The normalized spacial score (nSPS) is 19.3. The predicted octanol–water partition coefficient (Wildman–Crippen LogP) is 1.37. The first-order chi connectivity index (χ1) is 10.1. The van der Waals surface area contributed by atoms with Crippen LogP contribution in [0.5, 0.6) is 0 Å². The molecule has 5 heteroatoms.